The van der Waals surface area contributed by atoms with Crippen LogP contribution in [0.5, 0.6) is 5.75 Å². The zero-order valence-electron chi connectivity index (χ0n) is 8.19. The summed E-state index contributed by atoms with van der Waals surface area (Å²) in [6.45, 7) is 1.50. The Morgan fingerprint density at radius 2 is 2.25 bits per heavy atom. The monoisotopic (exact) mass is 226 g/mol. The van der Waals surface area contributed by atoms with E-state index in [0.717, 1.165) is 12.1 Å². The van der Waals surface area contributed by atoms with Crippen LogP contribution < -0.4 is 10.1 Å². The van der Waals surface area contributed by atoms with Gasteiger partial charge in [0.1, 0.15) is 5.75 Å². The fraction of sp³-hybridized carbons (Fsp3) is 0.222. The smallest absolute Gasteiger partial charge is 0.307 e. The third kappa shape index (κ3) is 1.56. The summed E-state index contributed by atoms with van der Waals surface area (Å²) in [4.78, 5) is 20.8. The van der Waals surface area contributed by atoms with Gasteiger partial charge in [-0.1, -0.05) is 0 Å². The molecule has 0 fully saturated rings. The first-order chi connectivity index (χ1) is 7.49. The zero-order chi connectivity index (χ0) is 11.9. The topological polar surface area (TPSA) is 81.5 Å². The molecular formula is C9H7FN2O4. The van der Waals surface area contributed by atoms with Crippen LogP contribution in [0.25, 0.3) is 0 Å². The molecule has 1 aliphatic heterocycles. The molecular weight excluding hydrogens is 219 g/mol. The number of benzene rings is 1. The molecule has 1 heterocycles. The second kappa shape index (κ2) is 3.44. The molecule has 0 bridgehead atoms. The molecule has 1 unspecified atom stereocenters. The van der Waals surface area contributed by atoms with Crippen LogP contribution in [-0.4, -0.2) is 16.9 Å². The van der Waals surface area contributed by atoms with Crippen molar-refractivity contribution in [3.05, 3.63) is 28.1 Å². The molecule has 1 amide bonds. The fourth-order valence-corrected chi connectivity index (χ4v) is 1.36. The lowest BCUT2D eigenvalue weighted by molar-refractivity contribution is -0.387. The van der Waals surface area contributed by atoms with Gasteiger partial charge in [0.2, 0.25) is 5.82 Å². The number of carbonyl (C=O) groups is 1. The number of hydrogen-bond donors (Lipinski definition) is 1. The second-order valence-electron chi connectivity index (χ2n) is 3.31. The van der Waals surface area contributed by atoms with Crippen molar-refractivity contribution in [3.8, 4) is 5.75 Å². The predicted octanol–water partition coefficient (Wildman–Crippen LogP) is 1.45. The average molecular weight is 226 g/mol. The Bertz CT molecular complexity index is 489. The Morgan fingerprint density at radius 3 is 2.88 bits per heavy atom. The van der Waals surface area contributed by atoms with Crippen LogP contribution in [0, 0.1) is 15.9 Å². The van der Waals surface area contributed by atoms with Crippen molar-refractivity contribution in [2.75, 3.05) is 5.32 Å². The van der Waals surface area contributed by atoms with Gasteiger partial charge in [0, 0.05) is 12.1 Å². The minimum atomic E-state index is -0.993. The molecule has 84 valence electrons. The standard InChI is InChI=1S/C9H7FN2O4/c1-4-9(13)11-6-3-7(12(14)15)5(10)2-8(6)16-4/h2-4H,1H3,(H,11,13). The number of anilines is 1. The number of nitro groups is 1. The molecule has 1 aromatic rings. The van der Waals surface area contributed by atoms with Crippen molar-refractivity contribution in [2.45, 2.75) is 13.0 Å². The molecule has 16 heavy (non-hydrogen) atoms. The molecule has 0 radical (unpaired) electrons. The van der Waals surface area contributed by atoms with Crippen LogP contribution >= 0.6 is 0 Å². The van der Waals surface area contributed by atoms with Gasteiger partial charge >= 0.3 is 5.69 Å². The van der Waals surface area contributed by atoms with E-state index >= 15 is 0 Å². The number of hydrogen-bond acceptors (Lipinski definition) is 4. The van der Waals surface area contributed by atoms with Crippen molar-refractivity contribution >= 4 is 17.3 Å². The van der Waals surface area contributed by atoms with Gasteiger partial charge in [-0.25, -0.2) is 0 Å². The summed E-state index contributed by atoms with van der Waals surface area (Å²) in [5.74, 6) is -1.32. The highest BCUT2D eigenvalue weighted by atomic mass is 19.1. The Balaban J connectivity index is 2.50. The first-order valence-electron chi connectivity index (χ1n) is 4.44. The van der Waals surface area contributed by atoms with Crippen LogP contribution in [0.15, 0.2) is 12.1 Å². The first kappa shape index (κ1) is 10.3. The van der Waals surface area contributed by atoms with E-state index in [1.807, 2.05) is 0 Å². The first-order valence-corrected chi connectivity index (χ1v) is 4.44. The SMILES string of the molecule is CC1Oc2cc(F)c([N+](=O)[O-])cc2NC1=O. The van der Waals surface area contributed by atoms with Crippen molar-refractivity contribution in [1.82, 2.24) is 0 Å². The molecule has 1 aliphatic rings. The number of nitrogens with one attached hydrogen (secondary N) is 1. The molecule has 6 nitrogen and oxygen atoms in total. The molecule has 2 rings (SSSR count). The number of halogens is 1. The van der Waals surface area contributed by atoms with Gasteiger partial charge in [0.05, 0.1) is 10.6 Å². The van der Waals surface area contributed by atoms with Crippen LogP contribution in [0.1, 0.15) is 6.92 Å². The number of nitrogens with zero attached hydrogens (tertiary/aromatic N) is 1. The largest absolute Gasteiger partial charge is 0.479 e. The maximum absolute atomic E-state index is 13.2. The molecule has 0 saturated heterocycles. The van der Waals surface area contributed by atoms with E-state index in [0.29, 0.717) is 0 Å². The second-order valence-corrected chi connectivity index (χ2v) is 3.31. The Hall–Kier alpha value is -2.18. The minimum absolute atomic E-state index is 0.0928. The van der Waals surface area contributed by atoms with E-state index in [9.17, 15) is 19.3 Å². The maximum atomic E-state index is 13.2. The van der Waals surface area contributed by atoms with Crippen molar-refractivity contribution < 1.29 is 18.8 Å². The number of amides is 1. The van der Waals surface area contributed by atoms with Gasteiger partial charge in [0.25, 0.3) is 5.91 Å². The molecule has 1 atom stereocenters. The summed E-state index contributed by atoms with van der Waals surface area (Å²) >= 11 is 0. The van der Waals surface area contributed by atoms with Crippen LogP contribution in [0.4, 0.5) is 15.8 Å². The lowest BCUT2D eigenvalue weighted by Gasteiger charge is -2.22. The van der Waals surface area contributed by atoms with Crippen molar-refractivity contribution in [1.29, 1.82) is 0 Å². The van der Waals surface area contributed by atoms with E-state index in [1.54, 1.807) is 0 Å². The Kier molecular flexibility index (Phi) is 2.22. The molecule has 1 N–H and O–H groups in total. The highest BCUT2D eigenvalue weighted by Gasteiger charge is 2.27. The van der Waals surface area contributed by atoms with E-state index in [1.165, 1.54) is 6.92 Å². The fourth-order valence-electron chi connectivity index (χ4n) is 1.36. The summed E-state index contributed by atoms with van der Waals surface area (Å²) in [5, 5.41) is 12.9. The highest BCUT2D eigenvalue weighted by molar-refractivity contribution is 5.97. The van der Waals surface area contributed by atoms with E-state index in [4.69, 9.17) is 4.74 Å². The molecule has 0 aromatic heterocycles. The van der Waals surface area contributed by atoms with Gasteiger partial charge in [-0.3, -0.25) is 14.9 Å². The summed E-state index contributed by atoms with van der Waals surface area (Å²) in [5.41, 5.74) is -0.589. The number of ether oxygens (including phenoxy) is 1. The highest BCUT2D eigenvalue weighted by Crippen LogP contribution is 2.34. The summed E-state index contributed by atoms with van der Waals surface area (Å²) in [7, 11) is 0. The maximum Gasteiger partial charge on any atom is 0.307 e. The van der Waals surface area contributed by atoms with E-state index in [2.05, 4.69) is 5.32 Å². The molecule has 0 spiro atoms. The predicted molar refractivity (Wildman–Crippen MR) is 51.8 cm³/mol. The van der Waals surface area contributed by atoms with Crippen LogP contribution in [0.3, 0.4) is 0 Å². The lowest BCUT2D eigenvalue weighted by atomic mass is 10.2. The van der Waals surface area contributed by atoms with Crippen molar-refractivity contribution in [3.63, 3.8) is 0 Å². The number of rotatable bonds is 1. The molecule has 0 saturated carbocycles. The lowest BCUT2D eigenvalue weighted by Crippen LogP contribution is -2.34. The van der Waals surface area contributed by atoms with Gasteiger partial charge in [-0.15, -0.1) is 0 Å². The van der Waals surface area contributed by atoms with Crippen molar-refractivity contribution in [2.24, 2.45) is 0 Å². The number of carbonyl (C=O) groups excluding carboxylic acids is 1. The number of fused-ring (bicyclic) bond motifs is 1. The van der Waals surface area contributed by atoms with Gasteiger partial charge < -0.3 is 10.1 Å². The van der Waals surface area contributed by atoms with Gasteiger partial charge in [0.15, 0.2) is 6.10 Å². The normalized spacial score (nSPS) is 18.4. The van der Waals surface area contributed by atoms with Crippen LogP contribution in [-0.2, 0) is 4.79 Å². The molecule has 7 heteroatoms. The Morgan fingerprint density at radius 1 is 1.56 bits per heavy atom. The van der Waals surface area contributed by atoms with Crippen LogP contribution in [0.2, 0.25) is 0 Å². The molecule has 0 aliphatic carbocycles. The summed E-state index contributed by atoms with van der Waals surface area (Å²) in [6, 6.07) is 1.83. The third-order valence-electron chi connectivity index (χ3n) is 2.18. The quantitative estimate of drug-likeness (QED) is 0.580. The van der Waals surface area contributed by atoms with E-state index in [-0.39, 0.29) is 11.4 Å². The molecule has 1 aromatic carbocycles. The Labute approximate surface area is 89.2 Å². The van der Waals surface area contributed by atoms with Gasteiger partial charge in [-0.2, -0.15) is 4.39 Å². The minimum Gasteiger partial charge on any atom is -0.479 e. The number of nitro benzene ring substituents is 1. The third-order valence-corrected chi connectivity index (χ3v) is 2.18. The summed E-state index contributed by atoms with van der Waals surface area (Å²) in [6.07, 6.45) is -0.742. The van der Waals surface area contributed by atoms with E-state index < -0.39 is 28.4 Å². The average Bonchev–Trinajstić information content (AvgIpc) is 2.19. The zero-order valence-corrected chi connectivity index (χ0v) is 8.19. The van der Waals surface area contributed by atoms with Gasteiger partial charge in [-0.05, 0) is 6.92 Å². The summed E-state index contributed by atoms with van der Waals surface area (Å²) < 4.78 is 18.3.